The van der Waals surface area contributed by atoms with Crippen LogP contribution in [0.2, 0.25) is 0 Å². The zero-order valence-electron chi connectivity index (χ0n) is 8.63. The molecule has 5 heteroatoms. The van der Waals surface area contributed by atoms with Crippen molar-refractivity contribution >= 4 is 5.97 Å². The van der Waals surface area contributed by atoms with Crippen molar-refractivity contribution in [3.63, 3.8) is 0 Å². The third-order valence-corrected chi connectivity index (χ3v) is 1.81. The van der Waals surface area contributed by atoms with Crippen LogP contribution in [0.15, 0.2) is 6.20 Å². The number of aromatic amines is 1. The quantitative estimate of drug-likeness (QED) is 0.697. The van der Waals surface area contributed by atoms with Crippen molar-refractivity contribution in [1.82, 2.24) is 15.5 Å². The third-order valence-electron chi connectivity index (χ3n) is 1.81. The molecule has 0 saturated carbocycles. The lowest BCUT2D eigenvalue weighted by atomic mass is 10.2. The number of hydrogen-bond donors (Lipinski definition) is 2. The Bertz CT molecular complexity index is 307. The standard InChI is InChI=1S/C9H15N3O2/c1-6(2)10-4-7-5-11-12-8(7)9(13)14-3/h5-6,10H,4H2,1-3H3,(H,11,12). The summed E-state index contributed by atoms with van der Waals surface area (Å²) in [5, 5.41) is 9.62. The number of ether oxygens (including phenoxy) is 1. The number of esters is 1. The van der Waals surface area contributed by atoms with Crippen LogP contribution >= 0.6 is 0 Å². The molecule has 1 rings (SSSR count). The van der Waals surface area contributed by atoms with Crippen LogP contribution in [0, 0.1) is 0 Å². The number of methoxy groups -OCH3 is 1. The predicted octanol–water partition coefficient (Wildman–Crippen LogP) is 0.694. The number of nitrogens with zero attached hydrogens (tertiary/aromatic N) is 1. The van der Waals surface area contributed by atoms with Gasteiger partial charge in [-0.1, -0.05) is 13.8 Å². The molecule has 2 N–H and O–H groups in total. The summed E-state index contributed by atoms with van der Waals surface area (Å²) in [6.07, 6.45) is 1.63. The second kappa shape index (κ2) is 4.76. The molecule has 0 bridgehead atoms. The summed E-state index contributed by atoms with van der Waals surface area (Å²) in [4.78, 5) is 11.2. The monoisotopic (exact) mass is 197 g/mol. The van der Waals surface area contributed by atoms with Gasteiger partial charge in [0, 0.05) is 18.2 Å². The van der Waals surface area contributed by atoms with Crippen LogP contribution in [-0.2, 0) is 11.3 Å². The van der Waals surface area contributed by atoms with Gasteiger partial charge < -0.3 is 10.1 Å². The number of rotatable bonds is 4. The number of hydrogen-bond acceptors (Lipinski definition) is 4. The fourth-order valence-electron chi connectivity index (χ4n) is 1.04. The van der Waals surface area contributed by atoms with Gasteiger partial charge in [-0.3, -0.25) is 5.10 Å². The molecular weight excluding hydrogens is 182 g/mol. The molecule has 0 aliphatic heterocycles. The van der Waals surface area contributed by atoms with E-state index in [9.17, 15) is 4.79 Å². The van der Waals surface area contributed by atoms with E-state index >= 15 is 0 Å². The highest BCUT2D eigenvalue weighted by Crippen LogP contribution is 2.05. The molecule has 1 aromatic heterocycles. The number of H-pyrrole nitrogens is 1. The Morgan fingerprint density at radius 3 is 3.00 bits per heavy atom. The zero-order valence-corrected chi connectivity index (χ0v) is 8.63. The van der Waals surface area contributed by atoms with Crippen LogP contribution in [0.25, 0.3) is 0 Å². The molecule has 78 valence electrons. The summed E-state index contributed by atoms with van der Waals surface area (Å²) < 4.78 is 4.60. The zero-order chi connectivity index (χ0) is 10.6. The van der Waals surface area contributed by atoms with Crippen molar-refractivity contribution in [1.29, 1.82) is 0 Å². The van der Waals surface area contributed by atoms with Crippen molar-refractivity contribution in [3.8, 4) is 0 Å². The van der Waals surface area contributed by atoms with Crippen LogP contribution < -0.4 is 5.32 Å². The summed E-state index contributed by atoms with van der Waals surface area (Å²) in [5.74, 6) is -0.386. The van der Waals surface area contributed by atoms with E-state index in [0.29, 0.717) is 18.3 Å². The summed E-state index contributed by atoms with van der Waals surface area (Å²) >= 11 is 0. The smallest absolute Gasteiger partial charge is 0.356 e. The fourth-order valence-corrected chi connectivity index (χ4v) is 1.04. The normalized spacial score (nSPS) is 10.6. The molecular formula is C9H15N3O2. The van der Waals surface area contributed by atoms with Crippen LogP contribution in [-0.4, -0.2) is 29.3 Å². The van der Waals surface area contributed by atoms with Gasteiger partial charge in [-0.2, -0.15) is 5.10 Å². The Morgan fingerprint density at radius 2 is 2.43 bits per heavy atom. The number of carbonyl (C=O) groups excluding carboxylic acids is 1. The van der Waals surface area contributed by atoms with Gasteiger partial charge in [-0.05, 0) is 0 Å². The first kappa shape index (κ1) is 10.7. The maximum atomic E-state index is 11.2. The molecule has 14 heavy (non-hydrogen) atoms. The van der Waals surface area contributed by atoms with E-state index in [2.05, 4.69) is 20.3 Å². The van der Waals surface area contributed by atoms with Crippen LogP contribution in [0.4, 0.5) is 0 Å². The molecule has 5 nitrogen and oxygen atoms in total. The van der Waals surface area contributed by atoms with E-state index < -0.39 is 0 Å². The Balaban J connectivity index is 2.67. The number of aromatic nitrogens is 2. The molecule has 0 unspecified atom stereocenters. The van der Waals surface area contributed by atoms with Gasteiger partial charge in [0.05, 0.1) is 13.3 Å². The van der Waals surface area contributed by atoms with Crippen molar-refractivity contribution < 1.29 is 9.53 Å². The van der Waals surface area contributed by atoms with E-state index in [1.54, 1.807) is 6.20 Å². The predicted molar refractivity (Wildman–Crippen MR) is 51.9 cm³/mol. The van der Waals surface area contributed by atoms with Crippen molar-refractivity contribution in [3.05, 3.63) is 17.5 Å². The van der Waals surface area contributed by atoms with E-state index in [1.165, 1.54) is 7.11 Å². The largest absolute Gasteiger partial charge is 0.464 e. The summed E-state index contributed by atoms with van der Waals surface area (Å²) in [7, 11) is 1.35. The lowest BCUT2D eigenvalue weighted by Gasteiger charge is -2.06. The molecule has 0 aliphatic rings. The highest BCUT2D eigenvalue weighted by atomic mass is 16.5. The van der Waals surface area contributed by atoms with Crippen molar-refractivity contribution in [2.75, 3.05) is 7.11 Å². The van der Waals surface area contributed by atoms with Gasteiger partial charge in [0.25, 0.3) is 0 Å². The highest BCUT2D eigenvalue weighted by molar-refractivity contribution is 5.88. The minimum atomic E-state index is -0.386. The fraction of sp³-hybridized carbons (Fsp3) is 0.556. The van der Waals surface area contributed by atoms with Crippen LogP contribution in [0.5, 0.6) is 0 Å². The van der Waals surface area contributed by atoms with Gasteiger partial charge in [0.15, 0.2) is 0 Å². The van der Waals surface area contributed by atoms with Crippen molar-refractivity contribution in [2.24, 2.45) is 0 Å². The van der Waals surface area contributed by atoms with Crippen LogP contribution in [0.1, 0.15) is 29.9 Å². The van der Waals surface area contributed by atoms with E-state index in [1.807, 2.05) is 13.8 Å². The Kier molecular flexibility index (Phi) is 3.64. The van der Waals surface area contributed by atoms with E-state index in [4.69, 9.17) is 0 Å². The minimum absolute atomic E-state index is 0.371. The van der Waals surface area contributed by atoms with Crippen LogP contribution in [0.3, 0.4) is 0 Å². The summed E-state index contributed by atoms with van der Waals surface area (Å²) in [6.45, 7) is 4.69. The van der Waals surface area contributed by atoms with Crippen molar-refractivity contribution in [2.45, 2.75) is 26.4 Å². The third kappa shape index (κ3) is 2.56. The molecule has 0 aromatic carbocycles. The van der Waals surface area contributed by atoms with Gasteiger partial charge in [0.1, 0.15) is 5.69 Å². The molecule has 1 aromatic rings. The molecule has 0 aliphatic carbocycles. The van der Waals surface area contributed by atoms with Gasteiger partial charge in [0.2, 0.25) is 0 Å². The van der Waals surface area contributed by atoms with E-state index in [0.717, 1.165) is 5.56 Å². The van der Waals surface area contributed by atoms with Gasteiger partial charge in [-0.25, -0.2) is 4.79 Å². The lowest BCUT2D eigenvalue weighted by molar-refractivity contribution is 0.0592. The molecule has 0 fully saturated rings. The number of carbonyl (C=O) groups is 1. The average Bonchev–Trinajstić information content (AvgIpc) is 2.61. The molecule has 1 heterocycles. The maximum absolute atomic E-state index is 11.2. The lowest BCUT2D eigenvalue weighted by Crippen LogP contribution is -2.22. The minimum Gasteiger partial charge on any atom is -0.464 e. The molecule has 0 spiro atoms. The summed E-state index contributed by atoms with van der Waals surface area (Å²) in [5.41, 5.74) is 1.24. The molecule has 0 saturated heterocycles. The van der Waals surface area contributed by atoms with Gasteiger partial charge in [-0.15, -0.1) is 0 Å². The Morgan fingerprint density at radius 1 is 1.71 bits per heavy atom. The first-order valence-corrected chi connectivity index (χ1v) is 4.49. The molecule has 0 amide bonds. The first-order valence-electron chi connectivity index (χ1n) is 4.49. The molecule has 0 radical (unpaired) electrons. The van der Waals surface area contributed by atoms with E-state index in [-0.39, 0.29) is 5.97 Å². The number of nitrogens with one attached hydrogen (secondary N) is 2. The second-order valence-electron chi connectivity index (χ2n) is 3.30. The molecule has 0 atom stereocenters. The SMILES string of the molecule is COC(=O)c1[nH]ncc1CNC(C)C. The second-order valence-corrected chi connectivity index (χ2v) is 3.30. The Hall–Kier alpha value is -1.36. The first-order chi connectivity index (χ1) is 6.65. The highest BCUT2D eigenvalue weighted by Gasteiger charge is 2.13. The topological polar surface area (TPSA) is 67.0 Å². The maximum Gasteiger partial charge on any atom is 0.356 e. The summed E-state index contributed by atoms with van der Waals surface area (Å²) in [6, 6.07) is 0.371. The van der Waals surface area contributed by atoms with Gasteiger partial charge >= 0.3 is 5.97 Å². The Labute approximate surface area is 82.8 Å². The average molecular weight is 197 g/mol.